The van der Waals surface area contributed by atoms with E-state index in [1.165, 1.54) is 19.3 Å². The van der Waals surface area contributed by atoms with Crippen molar-refractivity contribution in [2.75, 3.05) is 13.2 Å². The molecule has 0 aromatic carbocycles. The Morgan fingerprint density at radius 1 is 1.18 bits per heavy atom. The third-order valence-electron chi connectivity index (χ3n) is 4.54. The van der Waals surface area contributed by atoms with Crippen LogP contribution in [0.4, 0.5) is 0 Å². The minimum atomic E-state index is 0.142. The maximum atomic E-state index is 6.26. The SMILES string of the molecule is CC1COC2(CCC(C)(C)C2)CN1C(C)(C)C. The topological polar surface area (TPSA) is 12.5 Å². The van der Waals surface area contributed by atoms with Gasteiger partial charge in [-0.15, -0.1) is 0 Å². The fourth-order valence-corrected chi connectivity index (χ4v) is 3.67. The Hall–Kier alpha value is -0.0800. The fraction of sp³-hybridized carbons (Fsp3) is 1.00. The summed E-state index contributed by atoms with van der Waals surface area (Å²) < 4.78 is 6.26. The maximum absolute atomic E-state index is 6.26. The Morgan fingerprint density at radius 2 is 1.82 bits per heavy atom. The Labute approximate surface area is 107 Å². The van der Waals surface area contributed by atoms with Crippen LogP contribution >= 0.6 is 0 Å². The molecule has 2 heteroatoms. The number of hydrogen-bond acceptors (Lipinski definition) is 2. The Bertz CT molecular complexity index is 292. The first-order chi connectivity index (χ1) is 7.64. The van der Waals surface area contributed by atoms with Crippen molar-refractivity contribution in [3.8, 4) is 0 Å². The molecule has 1 spiro atoms. The Morgan fingerprint density at radius 3 is 2.29 bits per heavy atom. The highest BCUT2D eigenvalue weighted by Crippen LogP contribution is 2.48. The third-order valence-corrected chi connectivity index (χ3v) is 4.54. The van der Waals surface area contributed by atoms with E-state index in [-0.39, 0.29) is 11.1 Å². The zero-order chi connectivity index (χ0) is 12.9. The minimum Gasteiger partial charge on any atom is -0.372 e. The molecule has 1 aliphatic carbocycles. The van der Waals surface area contributed by atoms with Gasteiger partial charge in [0.25, 0.3) is 0 Å². The molecule has 0 radical (unpaired) electrons. The van der Waals surface area contributed by atoms with Gasteiger partial charge in [0.05, 0.1) is 12.2 Å². The van der Waals surface area contributed by atoms with E-state index < -0.39 is 0 Å². The van der Waals surface area contributed by atoms with Crippen molar-refractivity contribution in [3.63, 3.8) is 0 Å². The number of nitrogens with zero attached hydrogens (tertiary/aromatic N) is 1. The number of rotatable bonds is 0. The molecule has 0 bridgehead atoms. The van der Waals surface area contributed by atoms with Crippen molar-refractivity contribution < 1.29 is 4.74 Å². The van der Waals surface area contributed by atoms with Gasteiger partial charge in [0.1, 0.15) is 0 Å². The van der Waals surface area contributed by atoms with Crippen molar-refractivity contribution in [2.24, 2.45) is 5.41 Å². The average molecular weight is 239 g/mol. The van der Waals surface area contributed by atoms with Crippen molar-refractivity contribution in [2.45, 2.75) is 78.0 Å². The summed E-state index contributed by atoms with van der Waals surface area (Å²) in [6.07, 6.45) is 3.76. The highest BCUT2D eigenvalue weighted by atomic mass is 16.5. The van der Waals surface area contributed by atoms with Crippen LogP contribution in [-0.2, 0) is 4.74 Å². The van der Waals surface area contributed by atoms with Gasteiger partial charge < -0.3 is 4.74 Å². The van der Waals surface area contributed by atoms with Crippen LogP contribution in [0.2, 0.25) is 0 Å². The number of hydrogen-bond donors (Lipinski definition) is 0. The van der Waals surface area contributed by atoms with Gasteiger partial charge in [0.2, 0.25) is 0 Å². The smallest absolute Gasteiger partial charge is 0.0815 e. The van der Waals surface area contributed by atoms with E-state index in [0.717, 1.165) is 13.2 Å². The van der Waals surface area contributed by atoms with E-state index in [1.54, 1.807) is 0 Å². The lowest BCUT2D eigenvalue weighted by Crippen LogP contribution is -2.60. The second kappa shape index (κ2) is 3.96. The maximum Gasteiger partial charge on any atom is 0.0815 e. The second-order valence-corrected chi connectivity index (χ2v) is 7.98. The summed E-state index contributed by atoms with van der Waals surface area (Å²) in [6.45, 7) is 16.0. The summed E-state index contributed by atoms with van der Waals surface area (Å²) in [4.78, 5) is 2.64. The average Bonchev–Trinajstić information content (AvgIpc) is 2.46. The molecular weight excluding hydrogens is 210 g/mol. The van der Waals surface area contributed by atoms with E-state index in [4.69, 9.17) is 4.74 Å². The molecular formula is C15H29NO. The highest BCUT2D eigenvalue weighted by Gasteiger charge is 2.49. The van der Waals surface area contributed by atoms with Crippen LogP contribution in [0.3, 0.4) is 0 Å². The minimum absolute atomic E-state index is 0.142. The van der Waals surface area contributed by atoms with Crippen LogP contribution in [0, 0.1) is 5.41 Å². The van der Waals surface area contributed by atoms with E-state index in [0.29, 0.717) is 11.5 Å². The molecule has 2 aliphatic rings. The largest absolute Gasteiger partial charge is 0.372 e. The lowest BCUT2D eigenvalue weighted by molar-refractivity contribution is -0.151. The molecule has 2 atom stereocenters. The molecule has 0 aromatic rings. The summed E-state index contributed by atoms with van der Waals surface area (Å²) in [5.74, 6) is 0. The quantitative estimate of drug-likeness (QED) is 0.642. The summed E-state index contributed by atoms with van der Waals surface area (Å²) in [7, 11) is 0. The lowest BCUT2D eigenvalue weighted by atomic mass is 9.87. The van der Waals surface area contributed by atoms with Crippen LogP contribution in [0.25, 0.3) is 0 Å². The van der Waals surface area contributed by atoms with Crippen LogP contribution < -0.4 is 0 Å². The molecule has 1 heterocycles. The normalized spacial score (nSPS) is 38.8. The van der Waals surface area contributed by atoms with Gasteiger partial charge >= 0.3 is 0 Å². The summed E-state index contributed by atoms with van der Waals surface area (Å²) in [5, 5.41) is 0. The zero-order valence-corrected chi connectivity index (χ0v) is 12.5. The lowest BCUT2D eigenvalue weighted by Gasteiger charge is -2.50. The van der Waals surface area contributed by atoms with E-state index in [2.05, 4.69) is 46.4 Å². The van der Waals surface area contributed by atoms with Gasteiger partial charge in [0, 0.05) is 18.1 Å². The monoisotopic (exact) mass is 239 g/mol. The molecule has 2 nitrogen and oxygen atoms in total. The van der Waals surface area contributed by atoms with Crippen LogP contribution in [0.15, 0.2) is 0 Å². The van der Waals surface area contributed by atoms with E-state index in [1.807, 2.05) is 0 Å². The molecule has 0 N–H and O–H groups in total. The van der Waals surface area contributed by atoms with Gasteiger partial charge in [-0.2, -0.15) is 0 Å². The first-order valence-electron chi connectivity index (χ1n) is 7.04. The molecule has 1 saturated carbocycles. The van der Waals surface area contributed by atoms with Crippen LogP contribution in [0.5, 0.6) is 0 Å². The second-order valence-electron chi connectivity index (χ2n) is 7.98. The van der Waals surface area contributed by atoms with Gasteiger partial charge in [-0.3, -0.25) is 4.90 Å². The standard InChI is InChI=1S/C15H29NO/c1-12-9-17-15(8-7-14(5,6)10-15)11-16(12)13(2,3)4/h12H,7-11H2,1-6H3. The Balaban J connectivity index is 2.14. The van der Waals surface area contributed by atoms with Gasteiger partial charge in [0.15, 0.2) is 0 Å². The van der Waals surface area contributed by atoms with Crippen LogP contribution in [-0.4, -0.2) is 35.2 Å². The first-order valence-corrected chi connectivity index (χ1v) is 7.04. The Kier molecular flexibility index (Phi) is 3.11. The summed E-state index contributed by atoms with van der Waals surface area (Å²) >= 11 is 0. The zero-order valence-electron chi connectivity index (χ0n) is 12.5. The molecule has 0 aromatic heterocycles. The van der Waals surface area contributed by atoms with Crippen molar-refractivity contribution in [3.05, 3.63) is 0 Å². The molecule has 0 amide bonds. The van der Waals surface area contributed by atoms with Crippen molar-refractivity contribution >= 4 is 0 Å². The number of morpholine rings is 1. The summed E-state index contributed by atoms with van der Waals surface area (Å²) in [6, 6.07) is 0.546. The molecule has 2 unspecified atom stereocenters. The molecule has 2 rings (SSSR count). The van der Waals surface area contributed by atoms with Crippen LogP contribution in [0.1, 0.15) is 60.8 Å². The van der Waals surface area contributed by atoms with Crippen molar-refractivity contribution in [1.29, 1.82) is 0 Å². The van der Waals surface area contributed by atoms with E-state index in [9.17, 15) is 0 Å². The predicted octanol–water partition coefficient (Wildman–Crippen LogP) is 3.45. The number of ether oxygens (including phenoxy) is 1. The molecule has 100 valence electrons. The summed E-state index contributed by atoms with van der Waals surface area (Å²) in [5.41, 5.74) is 0.857. The van der Waals surface area contributed by atoms with Gasteiger partial charge in [-0.05, 0) is 52.4 Å². The molecule has 1 saturated heterocycles. The first kappa shape index (κ1) is 13.4. The fourth-order valence-electron chi connectivity index (χ4n) is 3.67. The highest BCUT2D eigenvalue weighted by molar-refractivity contribution is 5.02. The predicted molar refractivity (Wildman–Crippen MR) is 72.2 cm³/mol. The third kappa shape index (κ3) is 2.68. The molecule has 1 aliphatic heterocycles. The van der Waals surface area contributed by atoms with Gasteiger partial charge in [-0.1, -0.05) is 13.8 Å². The molecule has 17 heavy (non-hydrogen) atoms. The van der Waals surface area contributed by atoms with Crippen molar-refractivity contribution in [1.82, 2.24) is 4.90 Å². The van der Waals surface area contributed by atoms with Gasteiger partial charge in [-0.25, -0.2) is 0 Å². The van der Waals surface area contributed by atoms with E-state index >= 15 is 0 Å². The molecule has 2 fully saturated rings.